The number of hydrogen-bond acceptors (Lipinski definition) is 5. The molecule has 0 bridgehead atoms. The van der Waals surface area contributed by atoms with Gasteiger partial charge in [-0.1, -0.05) is 13.3 Å². The van der Waals surface area contributed by atoms with Crippen molar-refractivity contribution in [3.63, 3.8) is 0 Å². The van der Waals surface area contributed by atoms with Gasteiger partial charge in [0.2, 0.25) is 5.88 Å². The molecule has 132 valence electrons. The Kier molecular flexibility index (Phi) is 5.82. The maximum Gasteiger partial charge on any atom is 0.253 e. The molecule has 3 rings (SSSR count). The minimum atomic E-state index is -0.0442. The molecule has 0 saturated carbocycles. The monoisotopic (exact) mass is 341 g/mol. The second kappa shape index (κ2) is 8.46. The fraction of sp³-hybridized carbons (Fsp3) is 0.421. The van der Waals surface area contributed by atoms with Crippen LogP contribution in [0.25, 0.3) is 0 Å². The molecular formula is C19H23N3O3. The minimum Gasteiger partial charge on any atom is -0.494 e. The van der Waals surface area contributed by atoms with E-state index in [1.165, 1.54) is 0 Å². The molecule has 1 saturated heterocycles. The predicted molar refractivity (Wildman–Crippen MR) is 93.8 cm³/mol. The van der Waals surface area contributed by atoms with Crippen molar-refractivity contribution >= 4 is 5.91 Å². The second-order valence-corrected chi connectivity index (χ2v) is 6.05. The van der Waals surface area contributed by atoms with Gasteiger partial charge in [-0.15, -0.1) is 0 Å². The lowest BCUT2D eigenvalue weighted by molar-refractivity contribution is 0.0771. The zero-order chi connectivity index (χ0) is 17.5. The Morgan fingerprint density at radius 2 is 2.12 bits per heavy atom. The Bertz CT molecular complexity index is 676. The van der Waals surface area contributed by atoms with Gasteiger partial charge in [-0.3, -0.25) is 9.78 Å². The summed E-state index contributed by atoms with van der Waals surface area (Å²) in [5, 5.41) is 0. The summed E-state index contributed by atoms with van der Waals surface area (Å²) in [6.07, 6.45) is 7.66. The van der Waals surface area contributed by atoms with Gasteiger partial charge in [-0.25, -0.2) is 4.98 Å². The van der Waals surface area contributed by atoms with E-state index in [4.69, 9.17) is 9.47 Å². The first-order valence-corrected chi connectivity index (χ1v) is 8.71. The van der Waals surface area contributed by atoms with Gasteiger partial charge in [0.05, 0.1) is 19.3 Å². The number of carbonyl (C=O) groups excluding carboxylic acids is 1. The summed E-state index contributed by atoms with van der Waals surface area (Å²) in [5.74, 6) is 1.32. The molecule has 1 amide bonds. The maximum absolute atomic E-state index is 12.6. The molecule has 1 fully saturated rings. The molecule has 25 heavy (non-hydrogen) atoms. The van der Waals surface area contributed by atoms with Crippen molar-refractivity contribution in [2.45, 2.75) is 32.3 Å². The predicted octanol–water partition coefficient (Wildman–Crippen LogP) is 2.95. The molecule has 1 aromatic heterocycles. The summed E-state index contributed by atoms with van der Waals surface area (Å²) >= 11 is 0. The molecule has 1 unspecified atom stereocenters. The van der Waals surface area contributed by atoms with Crippen LogP contribution in [0.3, 0.4) is 0 Å². The highest BCUT2D eigenvalue weighted by molar-refractivity contribution is 5.94. The van der Waals surface area contributed by atoms with E-state index in [2.05, 4.69) is 16.9 Å². The van der Waals surface area contributed by atoms with Crippen LogP contribution in [-0.4, -0.2) is 46.6 Å². The highest BCUT2D eigenvalue weighted by Gasteiger charge is 2.28. The molecule has 6 heteroatoms. The van der Waals surface area contributed by atoms with Crippen molar-refractivity contribution in [3.05, 3.63) is 48.4 Å². The van der Waals surface area contributed by atoms with Crippen LogP contribution >= 0.6 is 0 Å². The zero-order valence-corrected chi connectivity index (χ0v) is 14.4. The number of ether oxygens (including phenoxy) is 2. The number of amides is 1. The van der Waals surface area contributed by atoms with Crippen LogP contribution < -0.4 is 9.47 Å². The molecule has 1 aliphatic rings. The molecule has 2 heterocycles. The molecule has 1 atom stereocenters. The van der Waals surface area contributed by atoms with Crippen LogP contribution in [-0.2, 0) is 0 Å². The lowest BCUT2D eigenvalue weighted by Gasteiger charge is -2.17. The standard InChI is InChI=1S/C19H23N3O3/c1-2-3-12-24-16-6-4-15(5-7-16)19(23)22-11-8-17(14-22)25-18-13-20-9-10-21-18/h4-7,9-10,13,17H,2-3,8,11-12,14H2,1H3. The summed E-state index contributed by atoms with van der Waals surface area (Å²) in [7, 11) is 0. The van der Waals surface area contributed by atoms with Crippen molar-refractivity contribution in [2.24, 2.45) is 0 Å². The number of likely N-dealkylation sites (tertiary alicyclic amines) is 1. The lowest BCUT2D eigenvalue weighted by atomic mass is 10.2. The van der Waals surface area contributed by atoms with Crippen molar-refractivity contribution in [3.8, 4) is 11.6 Å². The molecule has 0 N–H and O–H groups in total. The topological polar surface area (TPSA) is 64.5 Å². The van der Waals surface area contributed by atoms with Crippen molar-refractivity contribution in [2.75, 3.05) is 19.7 Å². The Labute approximate surface area is 147 Å². The highest BCUT2D eigenvalue weighted by atomic mass is 16.5. The average molecular weight is 341 g/mol. The van der Waals surface area contributed by atoms with Gasteiger partial charge in [0.15, 0.2) is 0 Å². The highest BCUT2D eigenvalue weighted by Crippen LogP contribution is 2.19. The summed E-state index contributed by atoms with van der Waals surface area (Å²) < 4.78 is 11.4. The molecule has 0 spiro atoms. The quantitative estimate of drug-likeness (QED) is 0.725. The maximum atomic E-state index is 12.6. The number of hydrogen-bond donors (Lipinski definition) is 0. The van der Waals surface area contributed by atoms with Gasteiger partial charge in [0.25, 0.3) is 5.91 Å². The van der Waals surface area contributed by atoms with Crippen molar-refractivity contribution in [1.29, 1.82) is 0 Å². The Hall–Kier alpha value is -2.63. The number of nitrogens with zero attached hydrogens (tertiary/aromatic N) is 3. The molecule has 1 aliphatic heterocycles. The minimum absolute atomic E-state index is 0.0188. The first kappa shape index (κ1) is 17.2. The van der Waals surface area contributed by atoms with E-state index in [0.717, 1.165) is 25.0 Å². The third-order valence-electron chi connectivity index (χ3n) is 4.13. The van der Waals surface area contributed by atoms with Crippen molar-refractivity contribution < 1.29 is 14.3 Å². The van der Waals surface area contributed by atoms with Crippen LogP contribution in [0, 0.1) is 0 Å². The Morgan fingerprint density at radius 1 is 1.28 bits per heavy atom. The van der Waals surface area contributed by atoms with Crippen LogP contribution in [0.4, 0.5) is 0 Å². The number of rotatable bonds is 7. The summed E-state index contributed by atoms with van der Waals surface area (Å²) in [6, 6.07) is 7.35. The number of aromatic nitrogens is 2. The van der Waals surface area contributed by atoms with Gasteiger partial charge in [0.1, 0.15) is 11.9 Å². The number of benzene rings is 1. The van der Waals surface area contributed by atoms with E-state index in [1.54, 1.807) is 18.6 Å². The van der Waals surface area contributed by atoms with Crippen LogP contribution in [0.5, 0.6) is 11.6 Å². The second-order valence-electron chi connectivity index (χ2n) is 6.05. The summed E-state index contributed by atoms with van der Waals surface area (Å²) in [6.45, 7) is 4.07. The largest absolute Gasteiger partial charge is 0.494 e. The third-order valence-corrected chi connectivity index (χ3v) is 4.13. The fourth-order valence-corrected chi connectivity index (χ4v) is 2.74. The molecule has 2 aromatic rings. The SMILES string of the molecule is CCCCOc1ccc(C(=O)N2CCC(Oc3cnccn3)C2)cc1. The average Bonchev–Trinajstić information content (AvgIpc) is 3.11. The van der Waals surface area contributed by atoms with Gasteiger partial charge < -0.3 is 14.4 Å². The molecule has 0 aliphatic carbocycles. The first-order chi connectivity index (χ1) is 12.3. The smallest absolute Gasteiger partial charge is 0.253 e. The Balaban J connectivity index is 1.53. The molecule has 0 radical (unpaired) electrons. The molecular weight excluding hydrogens is 318 g/mol. The van der Waals surface area contributed by atoms with E-state index in [9.17, 15) is 4.79 Å². The van der Waals surface area contributed by atoms with E-state index in [0.29, 0.717) is 31.1 Å². The number of carbonyl (C=O) groups is 1. The van der Waals surface area contributed by atoms with E-state index < -0.39 is 0 Å². The Morgan fingerprint density at radius 3 is 2.84 bits per heavy atom. The number of unbranched alkanes of at least 4 members (excludes halogenated alkanes) is 1. The van der Waals surface area contributed by atoms with Crippen molar-refractivity contribution in [1.82, 2.24) is 14.9 Å². The van der Waals surface area contributed by atoms with Gasteiger partial charge in [-0.2, -0.15) is 0 Å². The van der Waals surface area contributed by atoms with Gasteiger partial charge in [0, 0.05) is 30.9 Å². The van der Waals surface area contributed by atoms with E-state index >= 15 is 0 Å². The van der Waals surface area contributed by atoms with Crippen LogP contribution in [0.2, 0.25) is 0 Å². The lowest BCUT2D eigenvalue weighted by Crippen LogP contribution is -2.31. The normalized spacial score (nSPS) is 16.7. The van der Waals surface area contributed by atoms with E-state index in [-0.39, 0.29) is 12.0 Å². The first-order valence-electron chi connectivity index (χ1n) is 8.71. The zero-order valence-electron chi connectivity index (χ0n) is 14.4. The van der Waals surface area contributed by atoms with Crippen LogP contribution in [0.15, 0.2) is 42.9 Å². The van der Waals surface area contributed by atoms with Gasteiger partial charge >= 0.3 is 0 Å². The van der Waals surface area contributed by atoms with Gasteiger partial charge in [-0.05, 0) is 30.7 Å². The third kappa shape index (κ3) is 4.68. The molecule has 1 aromatic carbocycles. The molecule has 6 nitrogen and oxygen atoms in total. The summed E-state index contributed by atoms with van der Waals surface area (Å²) in [4.78, 5) is 22.5. The van der Waals surface area contributed by atoms with Crippen LogP contribution in [0.1, 0.15) is 36.5 Å². The van der Waals surface area contributed by atoms with E-state index in [1.807, 2.05) is 29.2 Å². The fourth-order valence-electron chi connectivity index (χ4n) is 2.74. The summed E-state index contributed by atoms with van der Waals surface area (Å²) in [5.41, 5.74) is 0.669.